The Kier molecular flexibility index (Phi) is 5.29. The summed E-state index contributed by atoms with van der Waals surface area (Å²) in [7, 11) is -2.80. The molecule has 3 heteroatoms. The van der Waals surface area contributed by atoms with Crippen molar-refractivity contribution in [3.8, 4) is 33.6 Å². The summed E-state index contributed by atoms with van der Waals surface area (Å²) in [5, 5.41) is 5.54. The second-order valence-electron chi connectivity index (χ2n) is 11.5. The lowest BCUT2D eigenvalue weighted by Crippen LogP contribution is -2.74. The van der Waals surface area contributed by atoms with Gasteiger partial charge in [-0.3, -0.25) is 4.98 Å². The smallest absolute Gasteiger partial charge is 0.215 e. The summed E-state index contributed by atoms with van der Waals surface area (Å²) in [5.41, 5.74) is 13.0. The van der Waals surface area contributed by atoms with Crippen molar-refractivity contribution in [2.45, 2.75) is 27.3 Å². The number of nitrogens with zero attached hydrogens (tertiary/aromatic N) is 2. The fourth-order valence-electron chi connectivity index (χ4n) is 7.48. The van der Waals surface area contributed by atoms with Crippen LogP contribution in [-0.2, 0) is 6.54 Å². The van der Waals surface area contributed by atoms with E-state index in [4.69, 9.17) is 4.98 Å². The van der Waals surface area contributed by atoms with Gasteiger partial charge in [0.2, 0.25) is 13.8 Å². The van der Waals surface area contributed by atoms with Crippen LogP contribution in [0.25, 0.3) is 33.6 Å². The third-order valence-electron chi connectivity index (χ3n) is 9.21. The lowest BCUT2D eigenvalue weighted by Gasteiger charge is -2.31. The van der Waals surface area contributed by atoms with Gasteiger partial charge in [-0.05, 0) is 65.0 Å². The van der Waals surface area contributed by atoms with E-state index in [1.54, 1.807) is 0 Å². The first-order valence-corrected chi connectivity index (χ1v) is 16.4. The predicted octanol–water partition coefficient (Wildman–Crippen LogP) is 5.35. The Hall–Kier alpha value is -4.60. The third-order valence-corrected chi connectivity index (χ3v) is 13.9. The van der Waals surface area contributed by atoms with Crippen molar-refractivity contribution in [2.24, 2.45) is 0 Å². The average molecular weight is 544 g/mol. The van der Waals surface area contributed by atoms with E-state index in [1.165, 1.54) is 71.1 Å². The van der Waals surface area contributed by atoms with E-state index in [9.17, 15) is 0 Å². The zero-order valence-corrected chi connectivity index (χ0v) is 24.6. The number of pyridine rings is 2. The van der Waals surface area contributed by atoms with Gasteiger partial charge in [-0.1, -0.05) is 103 Å². The minimum Gasteiger partial charge on any atom is -0.255 e. The van der Waals surface area contributed by atoms with Gasteiger partial charge in [-0.25, -0.2) is 0 Å². The Morgan fingerprint density at radius 3 is 1.88 bits per heavy atom. The molecule has 0 saturated heterocycles. The number of benzene rings is 4. The molecule has 2 nitrogen and oxygen atoms in total. The van der Waals surface area contributed by atoms with Crippen LogP contribution >= 0.6 is 0 Å². The molecule has 8 rings (SSSR count). The van der Waals surface area contributed by atoms with Gasteiger partial charge in [0, 0.05) is 22.4 Å². The molecule has 0 radical (unpaired) electrons. The van der Waals surface area contributed by atoms with Crippen molar-refractivity contribution in [3.63, 3.8) is 0 Å². The quantitative estimate of drug-likeness (QED) is 0.216. The topological polar surface area (TPSA) is 16.8 Å². The molecule has 4 aromatic carbocycles. The Balaban J connectivity index is 1.58. The van der Waals surface area contributed by atoms with E-state index in [0.717, 1.165) is 12.2 Å². The van der Waals surface area contributed by atoms with E-state index in [1.807, 2.05) is 0 Å². The van der Waals surface area contributed by atoms with Crippen molar-refractivity contribution < 1.29 is 4.57 Å². The van der Waals surface area contributed by atoms with Crippen LogP contribution in [-0.4, -0.2) is 13.1 Å². The van der Waals surface area contributed by atoms with Crippen molar-refractivity contribution in [1.82, 2.24) is 4.98 Å². The van der Waals surface area contributed by atoms with E-state index >= 15 is 0 Å². The molecule has 0 amide bonds. The molecule has 2 aromatic heterocycles. The van der Waals surface area contributed by atoms with Crippen LogP contribution in [0.4, 0.5) is 0 Å². The highest BCUT2D eigenvalue weighted by Gasteiger charge is 2.58. The van der Waals surface area contributed by atoms with Gasteiger partial charge < -0.3 is 0 Å². The molecule has 2 aliphatic heterocycles. The maximum absolute atomic E-state index is 5.77. The second-order valence-corrected chi connectivity index (χ2v) is 15.2. The molecule has 2 aliphatic rings. The molecule has 0 atom stereocenters. The molecule has 0 spiro atoms. The summed E-state index contributed by atoms with van der Waals surface area (Å²) in [6, 6.07) is 42.7. The minimum atomic E-state index is -2.80. The molecule has 6 aromatic rings. The number of hydrogen-bond acceptors (Lipinski definition) is 1. The number of hydrogen-bond donors (Lipinski definition) is 0. The summed E-state index contributed by atoms with van der Waals surface area (Å²) in [5.74, 6) is 0. The van der Waals surface area contributed by atoms with Gasteiger partial charge >= 0.3 is 0 Å². The Morgan fingerprint density at radius 2 is 1.22 bits per heavy atom. The summed E-state index contributed by atoms with van der Waals surface area (Å²) in [6.07, 6.45) is 2.31. The average Bonchev–Trinajstić information content (AvgIpc) is 3.53. The molecule has 196 valence electrons. The Bertz CT molecular complexity index is 1930. The van der Waals surface area contributed by atoms with Crippen LogP contribution in [0, 0.1) is 20.8 Å². The maximum atomic E-state index is 5.77. The molecular formula is C38H31N2Si+. The largest absolute Gasteiger partial charge is 0.255 e. The minimum absolute atomic E-state index is 0.882. The van der Waals surface area contributed by atoms with E-state index in [2.05, 4.69) is 147 Å². The van der Waals surface area contributed by atoms with Crippen LogP contribution < -0.4 is 25.4 Å². The number of rotatable bonds is 4. The fraction of sp³-hybridized carbons (Fsp3) is 0.105. The standard InChI is InChI=1S/C38H31N2Si/c1-25-13-10-11-20-31(25)32-21-22-40-24-28-23-33(34-26(2)14-12-15-27(34)3)39-38-35(28)36(40)37(32)41(38,29-16-6-4-7-17-29)30-18-8-5-9-19-30/h4-23H,24H2,1-3H3/q+1. The van der Waals surface area contributed by atoms with Crippen LogP contribution in [0.1, 0.15) is 22.3 Å². The molecule has 0 N–H and O–H groups in total. The van der Waals surface area contributed by atoms with E-state index in [-0.39, 0.29) is 0 Å². The Labute approximate surface area is 242 Å². The second kappa shape index (κ2) is 8.95. The molecule has 4 heterocycles. The van der Waals surface area contributed by atoms with Crippen molar-refractivity contribution in [1.29, 1.82) is 0 Å². The van der Waals surface area contributed by atoms with Crippen LogP contribution in [0.5, 0.6) is 0 Å². The third kappa shape index (κ3) is 3.30. The van der Waals surface area contributed by atoms with Crippen molar-refractivity contribution >= 4 is 29.0 Å². The van der Waals surface area contributed by atoms with Gasteiger partial charge in [0.05, 0.1) is 16.6 Å². The van der Waals surface area contributed by atoms with E-state index in [0.29, 0.717) is 0 Å². The Morgan fingerprint density at radius 1 is 0.610 bits per heavy atom. The van der Waals surface area contributed by atoms with Gasteiger partial charge in [0.15, 0.2) is 12.7 Å². The summed E-state index contributed by atoms with van der Waals surface area (Å²) in [6.45, 7) is 7.55. The van der Waals surface area contributed by atoms with Crippen LogP contribution in [0.2, 0.25) is 0 Å². The number of aryl methyl sites for hydroxylation is 3. The van der Waals surface area contributed by atoms with Gasteiger partial charge in [-0.2, -0.15) is 4.57 Å². The molecule has 0 unspecified atom stereocenters. The highest BCUT2D eigenvalue weighted by Crippen LogP contribution is 2.38. The van der Waals surface area contributed by atoms with Gasteiger partial charge in [-0.15, -0.1) is 0 Å². The number of aromatic nitrogens is 2. The lowest BCUT2D eigenvalue weighted by atomic mass is 9.97. The van der Waals surface area contributed by atoms with E-state index < -0.39 is 8.07 Å². The fourth-order valence-corrected chi connectivity index (χ4v) is 12.8. The van der Waals surface area contributed by atoms with Crippen molar-refractivity contribution in [3.05, 3.63) is 144 Å². The maximum Gasteiger partial charge on any atom is 0.215 e. The van der Waals surface area contributed by atoms with Crippen LogP contribution in [0.15, 0.2) is 121 Å². The molecule has 0 fully saturated rings. The SMILES string of the molecule is Cc1ccccc1-c1cc[n+]2c3c1[Si](c1ccccc1)(c1ccccc1)c1nc(-c4c(C)cccc4C)cc(c1-3)C2. The zero-order valence-electron chi connectivity index (χ0n) is 23.6. The lowest BCUT2D eigenvalue weighted by molar-refractivity contribution is -0.671. The highest BCUT2D eigenvalue weighted by atomic mass is 28.3. The predicted molar refractivity (Wildman–Crippen MR) is 171 cm³/mol. The molecule has 0 bridgehead atoms. The summed E-state index contributed by atoms with van der Waals surface area (Å²) < 4.78 is 2.49. The summed E-state index contributed by atoms with van der Waals surface area (Å²) >= 11 is 0. The van der Waals surface area contributed by atoms with Gasteiger partial charge in [0.25, 0.3) is 0 Å². The normalized spacial score (nSPS) is 13.8. The van der Waals surface area contributed by atoms with Crippen molar-refractivity contribution in [2.75, 3.05) is 0 Å². The zero-order chi connectivity index (χ0) is 27.7. The molecule has 0 aliphatic carbocycles. The monoisotopic (exact) mass is 543 g/mol. The molecule has 0 saturated carbocycles. The van der Waals surface area contributed by atoms with Crippen LogP contribution in [0.3, 0.4) is 0 Å². The molecular weight excluding hydrogens is 513 g/mol. The highest BCUT2D eigenvalue weighted by molar-refractivity contribution is 7.22. The first-order valence-electron chi connectivity index (χ1n) is 14.4. The summed E-state index contributed by atoms with van der Waals surface area (Å²) in [4.78, 5) is 5.77. The first kappa shape index (κ1) is 24.2. The first-order chi connectivity index (χ1) is 20.1. The molecule has 41 heavy (non-hydrogen) atoms. The van der Waals surface area contributed by atoms with Gasteiger partial charge in [0.1, 0.15) is 0 Å².